The molecule has 4 rings (SSSR count). The minimum absolute atomic E-state index is 0.731. The van der Waals surface area contributed by atoms with Crippen molar-refractivity contribution in [2.24, 2.45) is 0 Å². The highest BCUT2D eigenvalue weighted by molar-refractivity contribution is 5.39. The Balaban J connectivity index is 1.33. The number of ether oxygens (including phenoxy) is 1. The molecule has 25 heavy (non-hydrogen) atoms. The second-order valence-electron chi connectivity index (χ2n) is 6.42. The first-order chi connectivity index (χ1) is 12.3. The summed E-state index contributed by atoms with van der Waals surface area (Å²) in [6.07, 6.45) is 5.95. The molecular weight excluding hydrogens is 314 g/mol. The molecule has 0 N–H and O–H groups in total. The van der Waals surface area contributed by atoms with Crippen LogP contribution in [0.15, 0.2) is 48.9 Å². The van der Waals surface area contributed by atoms with Gasteiger partial charge in [0.2, 0.25) is 5.88 Å². The van der Waals surface area contributed by atoms with Crippen molar-refractivity contribution in [2.75, 3.05) is 33.3 Å². The van der Waals surface area contributed by atoms with Gasteiger partial charge in [-0.15, -0.1) is 0 Å². The standard InChI is InChI=1S/C19H23N5O/c1-25-19-16(5-4-7-20-19)13-22-9-11-23(12-10-22)14-17-15-24-8-3-2-6-18(24)21-17/h2-8,15H,9-14H2,1H3. The molecule has 130 valence electrons. The largest absolute Gasteiger partial charge is 0.481 e. The molecule has 6 heteroatoms. The van der Waals surface area contributed by atoms with E-state index in [-0.39, 0.29) is 0 Å². The number of imidazole rings is 1. The third-order valence-corrected chi connectivity index (χ3v) is 4.70. The molecule has 0 amide bonds. The zero-order valence-electron chi connectivity index (χ0n) is 14.5. The van der Waals surface area contributed by atoms with Crippen molar-refractivity contribution in [3.05, 3.63) is 60.2 Å². The average Bonchev–Trinajstić information content (AvgIpc) is 3.06. The van der Waals surface area contributed by atoms with Crippen molar-refractivity contribution < 1.29 is 4.74 Å². The fourth-order valence-electron chi connectivity index (χ4n) is 3.37. The summed E-state index contributed by atoms with van der Waals surface area (Å²) < 4.78 is 7.44. The van der Waals surface area contributed by atoms with Crippen LogP contribution in [-0.2, 0) is 13.1 Å². The Kier molecular flexibility index (Phi) is 4.63. The van der Waals surface area contributed by atoms with Crippen LogP contribution in [0.1, 0.15) is 11.3 Å². The van der Waals surface area contributed by atoms with Crippen LogP contribution in [0.5, 0.6) is 5.88 Å². The van der Waals surface area contributed by atoms with Gasteiger partial charge >= 0.3 is 0 Å². The van der Waals surface area contributed by atoms with Gasteiger partial charge in [-0.3, -0.25) is 9.80 Å². The zero-order valence-corrected chi connectivity index (χ0v) is 14.5. The zero-order chi connectivity index (χ0) is 17.1. The molecule has 0 aliphatic carbocycles. The summed E-state index contributed by atoms with van der Waals surface area (Å²) in [5.41, 5.74) is 3.30. The maximum atomic E-state index is 5.36. The Morgan fingerprint density at radius 2 is 1.80 bits per heavy atom. The molecular formula is C19H23N5O. The van der Waals surface area contributed by atoms with Crippen LogP contribution in [-0.4, -0.2) is 57.5 Å². The van der Waals surface area contributed by atoms with Crippen LogP contribution in [0.3, 0.4) is 0 Å². The van der Waals surface area contributed by atoms with Gasteiger partial charge in [0.1, 0.15) is 5.65 Å². The van der Waals surface area contributed by atoms with Gasteiger partial charge in [-0.2, -0.15) is 0 Å². The van der Waals surface area contributed by atoms with Crippen LogP contribution >= 0.6 is 0 Å². The third kappa shape index (κ3) is 3.65. The molecule has 1 fully saturated rings. The van der Waals surface area contributed by atoms with E-state index in [1.54, 1.807) is 13.3 Å². The maximum Gasteiger partial charge on any atom is 0.217 e. The second-order valence-corrected chi connectivity index (χ2v) is 6.42. The lowest BCUT2D eigenvalue weighted by atomic mass is 10.2. The van der Waals surface area contributed by atoms with Crippen molar-refractivity contribution in [3.63, 3.8) is 0 Å². The molecule has 1 aliphatic rings. The Hall–Kier alpha value is -2.44. The van der Waals surface area contributed by atoms with Gasteiger partial charge in [-0.25, -0.2) is 9.97 Å². The van der Waals surface area contributed by atoms with E-state index in [0.717, 1.165) is 62.1 Å². The molecule has 3 aromatic heterocycles. The minimum Gasteiger partial charge on any atom is -0.481 e. The van der Waals surface area contributed by atoms with E-state index < -0.39 is 0 Å². The monoisotopic (exact) mass is 337 g/mol. The van der Waals surface area contributed by atoms with E-state index in [4.69, 9.17) is 9.72 Å². The normalized spacial score (nSPS) is 16.4. The van der Waals surface area contributed by atoms with Crippen molar-refractivity contribution in [2.45, 2.75) is 13.1 Å². The van der Waals surface area contributed by atoms with Gasteiger partial charge in [-0.05, 0) is 18.2 Å². The Morgan fingerprint density at radius 1 is 1.00 bits per heavy atom. The van der Waals surface area contributed by atoms with Gasteiger partial charge in [0.25, 0.3) is 0 Å². The number of fused-ring (bicyclic) bond motifs is 1. The lowest BCUT2D eigenvalue weighted by Crippen LogP contribution is -2.45. The maximum absolute atomic E-state index is 5.36. The molecule has 4 heterocycles. The van der Waals surface area contributed by atoms with E-state index in [0.29, 0.717) is 0 Å². The van der Waals surface area contributed by atoms with Gasteiger partial charge < -0.3 is 9.14 Å². The molecule has 0 radical (unpaired) electrons. The van der Waals surface area contributed by atoms with Crippen molar-refractivity contribution in [1.29, 1.82) is 0 Å². The smallest absolute Gasteiger partial charge is 0.217 e. The highest BCUT2D eigenvalue weighted by Gasteiger charge is 2.19. The number of piperazine rings is 1. The lowest BCUT2D eigenvalue weighted by Gasteiger charge is -2.34. The van der Waals surface area contributed by atoms with E-state index in [2.05, 4.69) is 31.4 Å². The van der Waals surface area contributed by atoms with Crippen molar-refractivity contribution >= 4 is 5.65 Å². The van der Waals surface area contributed by atoms with Gasteiger partial charge in [0, 0.05) is 63.4 Å². The Bertz CT molecular complexity index is 805. The van der Waals surface area contributed by atoms with Gasteiger partial charge in [0.15, 0.2) is 0 Å². The lowest BCUT2D eigenvalue weighted by molar-refractivity contribution is 0.120. The molecule has 0 bridgehead atoms. The molecule has 3 aromatic rings. The molecule has 0 spiro atoms. The number of methoxy groups -OCH3 is 1. The molecule has 1 saturated heterocycles. The van der Waals surface area contributed by atoms with Crippen molar-refractivity contribution in [1.82, 2.24) is 24.2 Å². The fraction of sp³-hybridized carbons (Fsp3) is 0.368. The number of nitrogens with zero attached hydrogens (tertiary/aromatic N) is 5. The molecule has 0 saturated carbocycles. The molecule has 0 atom stereocenters. The number of hydrogen-bond acceptors (Lipinski definition) is 5. The first kappa shape index (κ1) is 16.1. The van der Waals surface area contributed by atoms with Crippen LogP contribution in [0.4, 0.5) is 0 Å². The summed E-state index contributed by atoms with van der Waals surface area (Å²) in [6.45, 7) is 5.99. The van der Waals surface area contributed by atoms with Crippen LogP contribution < -0.4 is 4.74 Å². The predicted molar refractivity (Wildman–Crippen MR) is 96.5 cm³/mol. The summed E-state index contributed by atoms with van der Waals surface area (Å²) in [5, 5.41) is 0. The highest BCUT2D eigenvalue weighted by Crippen LogP contribution is 2.17. The topological polar surface area (TPSA) is 45.9 Å². The molecule has 0 unspecified atom stereocenters. The van der Waals surface area contributed by atoms with E-state index in [9.17, 15) is 0 Å². The quantitative estimate of drug-likeness (QED) is 0.713. The molecule has 6 nitrogen and oxygen atoms in total. The second kappa shape index (κ2) is 7.21. The van der Waals surface area contributed by atoms with E-state index >= 15 is 0 Å². The highest BCUT2D eigenvalue weighted by atomic mass is 16.5. The number of hydrogen-bond donors (Lipinski definition) is 0. The SMILES string of the molecule is COc1ncccc1CN1CCN(Cc2cn3ccccc3n2)CC1. The van der Waals surface area contributed by atoms with Gasteiger partial charge in [0.05, 0.1) is 12.8 Å². The fourth-order valence-corrected chi connectivity index (χ4v) is 3.37. The summed E-state index contributed by atoms with van der Waals surface area (Å²) in [7, 11) is 1.68. The predicted octanol–water partition coefficient (Wildman–Crippen LogP) is 2.06. The minimum atomic E-state index is 0.731. The summed E-state index contributed by atoms with van der Waals surface area (Å²) in [6, 6.07) is 10.2. The Morgan fingerprint density at radius 3 is 2.56 bits per heavy atom. The molecule has 1 aliphatic heterocycles. The van der Waals surface area contributed by atoms with E-state index in [1.807, 2.05) is 30.5 Å². The van der Waals surface area contributed by atoms with Crippen LogP contribution in [0.2, 0.25) is 0 Å². The molecule has 0 aromatic carbocycles. The first-order valence-corrected chi connectivity index (χ1v) is 8.67. The van der Waals surface area contributed by atoms with Gasteiger partial charge in [-0.1, -0.05) is 12.1 Å². The average molecular weight is 337 g/mol. The number of aromatic nitrogens is 3. The van der Waals surface area contributed by atoms with Crippen LogP contribution in [0.25, 0.3) is 5.65 Å². The summed E-state index contributed by atoms with van der Waals surface area (Å²) >= 11 is 0. The Labute approximate surface area is 147 Å². The first-order valence-electron chi connectivity index (χ1n) is 8.67. The third-order valence-electron chi connectivity index (χ3n) is 4.70. The summed E-state index contributed by atoms with van der Waals surface area (Å²) in [4.78, 5) is 13.9. The summed E-state index contributed by atoms with van der Waals surface area (Å²) in [5.74, 6) is 0.731. The number of rotatable bonds is 5. The number of pyridine rings is 2. The van der Waals surface area contributed by atoms with Crippen molar-refractivity contribution in [3.8, 4) is 5.88 Å². The van der Waals surface area contributed by atoms with Crippen LogP contribution in [0, 0.1) is 0 Å². The van der Waals surface area contributed by atoms with E-state index in [1.165, 1.54) is 0 Å².